The second-order valence-corrected chi connectivity index (χ2v) is 7.29. The second kappa shape index (κ2) is 8.52. The van der Waals surface area contributed by atoms with Crippen molar-refractivity contribution in [3.63, 3.8) is 0 Å². The number of benzene rings is 2. The molecule has 0 spiro atoms. The van der Waals surface area contributed by atoms with Gasteiger partial charge in [-0.25, -0.2) is 9.37 Å². The number of hydrogen-bond donors (Lipinski definition) is 0. The molecule has 2 heterocycles. The molecule has 0 fully saturated rings. The molecule has 0 aliphatic rings. The largest absolute Gasteiger partial charge is 0.308 e. The Kier molecular flexibility index (Phi) is 5.62. The monoisotopic (exact) mass is 415 g/mol. The topological polar surface area (TPSA) is 55.2 Å². The number of aryl methyl sites for hydroxylation is 1. The zero-order valence-corrected chi connectivity index (χ0v) is 17.4. The number of para-hydroxylation sites is 1. The average molecular weight is 415 g/mol. The summed E-state index contributed by atoms with van der Waals surface area (Å²) in [6, 6.07) is 18.9. The smallest absolute Gasteiger partial charge is 0.265 e. The molecule has 0 aliphatic carbocycles. The van der Waals surface area contributed by atoms with Crippen molar-refractivity contribution in [2.75, 3.05) is 11.4 Å². The first-order valence-corrected chi connectivity index (χ1v) is 10.1. The highest BCUT2D eigenvalue weighted by molar-refractivity contribution is 6.07. The Hall–Kier alpha value is -3.80. The van der Waals surface area contributed by atoms with Gasteiger partial charge in [0.1, 0.15) is 17.0 Å². The molecule has 6 heteroatoms. The lowest BCUT2D eigenvalue weighted by molar-refractivity contribution is 0.0986. The highest BCUT2D eigenvalue weighted by atomic mass is 19.1. The van der Waals surface area contributed by atoms with Crippen LogP contribution in [0.5, 0.6) is 0 Å². The molecular weight excluding hydrogens is 393 g/mol. The zero-order chi connectivity index (χ0) is 22.0. The van der Waals surface area contributed by atoms with Gasteiger partial charge in [-0.2, -0.15) is 0 Å². The van der Waals surface area contributed by atoms with Gasteiger partial charge in [0.15, 0.2) is 0 Å². The molecule has 4 aromatic rings. The summed E-state index contributed by atoms with van der Waals surface area (Å²) in [5, 5.41) is 0.641. The van der Waals surface area contributed by atoms with Crippen LogP contribution in [-0.4, -0.2) is 22.0 Å². The Bertz CT molecular complexity index is 1330. The maximum Gasteiger partial charge on any atom is 0.265 e. The summed E-state index contributed by atoms with van der Waals surface area (Å²) < 4.78 is 15.7. The number of nitrogens with zero attached hydrogens (tertiary/aromatic N) is 3. The minimum absolute atomic E-state index is 0.0172. The van der Waals surface area contributed by atoms with E-state index >= 15 is 0 Å². The average Bonchev–Trinajstić information content (AvgIpc) is 2.78. The van der Waals surface area contributed by atoms with Crippen LogP contribution in [0.1, 0.15) is 28.4 Å². The molecule has 2 aromatic heterocycles. The molecule has 0 N–H and O–H groups in total. The maximum absolute atomic E-state index is 14.3. The van der Waals surface area contributed by atoms with Gasteiger partial charge in [0.2, 0.25) is 0 Å². The molecule has 156 valence electrons. The fraction of sp³-hybridized carbons (Fsp3) is 0.160. The number of carbonyl (C=O) groups excluding carboxylic acids is 1. The van der Waals surface area contributed by atoms with E-state index in [2.05, 4.69) is 4.98 Å². The highest BCUT2D eigenvalue weighted by Gasteiger charge is 2.23. The SMILES string of the molecule is CCN(C(=O)c1cc2cccnc2n(Cc2ccccc2F)c1=O)c1ccccc1C. The van der Waals surface area contributed by atoms with E-state index in [1.807, 2.05) is 38.1 Å². The van der Waals surface area contributed by atoms with Crippen LogP contribution in [0.2, 0.25) is 0 Å². The lowest BCUT2D eigenvalue weighted by Crippen LogP contribution is -2.37. The Balaban J connectivity index is 1.88. The summed E-state index contributed by atoms with van der Waals surface area (Å²) in [4.78, 5) is 32.8. The van der Waals surface area contributed by atoms with Gasteiger partial charge in [0.25, 0.3) is 11.5 Å². The van der Waals surface area contributed by atoms with Crippen LogP contribution in [0.4, 0.5) is 10.1 Å². The van der Waals surface area contributed by atoms with Crippen LogP contribution in [0.15, 0.2) is 77.7 Å². The fourth-order valence-electron chi connectivity index (χ4n) is 3.74. The van der Waals surface area contributed by atoms with E-state index in [1.54, 1.807) is 47.5 Å². The zero-order valence-electron chi connectivity index (χ0n) is 17.4. The molecule has 5 nitrogen and oxygen atoms in total. The van der Waals surface area contributed by atoms with Gasteiger partial charge in [-0.1, -0.05) is 36.4 Å². The van der Waals surface area contributed by atoms with E-state index in [0.29, 0.717) is 23.1 Å². The molecule has 0 saturated carbocycles. The molecule has 0 atom stereocenters. The van der Waals surface area contributed by atoms with Crippen molar-refractivity contribution >= 4 is 22.6 Å². The van der Waals surface area contributed by atoms with Gasteiger partial charge in [-0.3, -0.25) is 14.2 Å². The van der Waals surface area contributed by atoms with E-state index in [1.165, 1.54) is 10.6 Å². The molecular formula is C25H22FN3O2. The number of aromatic nitrogens is 2. The van der Waals surface area contributed by atoms with Gasteiger partial charge in [-0.05, 0) is 49.7 Å². The summed E-state index contributed by atoms with van der Waals surface area (Å²) in [7, 11) is 0. The van der Waals surface area contributed by atoms with Crippen LogP contribution in [0.25, 0.3) is 11.0 Å². The number of anilines is 1. The summed E-state index contributed by atoms with van der Waals surface area (Å²) in [6.45, 7) is 4.18. The van der Waals surface area contributed by atoms with Crippen LogP contribution in [0, 0.1) is 12.7 Å². The predicted molar refractivity (Wildman–Crippen MR) is 120 cm³/mol. The molecule has 0 bridgehead atoms. The third-order valence-corrected chi connectivity index (χ3v) is 5.33. The van der Waals surface area contributed by atoms with Crippen LogP contribution >= 0.6 is 0 Å². The van der Waals surface area contributed by atoms with Crippen LogP contribution < -0.4 is 10.5 Å². The van der Waals surface area contributed by atoms with Gasteiger partial charge in [0, 0.05) is 29.4 Å². The van der Waals surface area contributed by atoms with Crippen molar-refractivity contribution in [2.45, 2.75) is 20.4 Å². The molecule has 4 rings (SSSR count). The van der Waals surface area contributed by atoms with E-state index in [-0.39, 0.29) is 12.1 Å². The quantitative estimate of drug-likeness (QED) is 0.480. The van der Waals surface area contributed by atoms with Crippen molar-refractivity contribution in [1.29, 1.82) is 0 Å². The first kappa shape index (κ1) is 20.5. The minimum Gasteiger partial charge on any atom is -0.308 e. The van der Waals surface area contributed by atoms with E-state index in [0.717, 1.165) is 11.3 Å². The molecule has 2 aromatic carbocycles. The lowest BCUT2D eigenvalue weighted by Gasteiger charge is -2.23. The minimum atomic E-state index is -0.494. The maximum atomic E-state index is 14.3. The Morgan fingerprint density at radius 2 is 1.81 bits per heavy atom. The second-order valence-electron chi connectivity index (χ2n) is 7.29. The van der Waals surface area contributed by atoms with Gasteiger partial charge in [0.05, 0.1) is 6.54 Å². The van der Waals surface area contributed by atoms with E-state index < -0.39 is 17.3 Å². The molecule has 0 radical (unpaired) electrons. The summed E-state index contributed by atoms with van der Waals surface area (Å²) in [5.74, 6) is -0.805. The first-order valence-electron chi connectivity index (χ1n) is 10.1. The number of halogens is 1. The van der Waals surface area contributed by atoms with Crippen LogP contribution in [0.3, 0.4) is 0 Å². The van der Waals surface area contributed by atoms with Crippen molar-refractivity contribution in [3.05, 3.63) is 106 Å². The van der Waals surface area contributed by atoms with Gasteiger partial charge < -0.3 is 4.90 Å². The van der Waals surface area contributed by atoms with E-state index in [9.17, 15) is 14.0 Å². The Morgan fingerprint density at radius 3 is 2.55 bits per heavy atom. The summed E-state index contributed by atoms with van der Waals surface area (Å²) in [5.41, 5.74) is 1.99. The van der Waals surface area contributed by atoms with Gasteiger partial charge >= 0.3 is 0 Å². The Morgan fingerprint density at radius 1 is 1.06 bits per heavy atom. The molecule has 31 heavy (non-hydrogen) atoms. The molecule has 0 saturated heterocycles. The Labute approximate surface area is 179 Å². The third kappa shape index (κ3) is 3.84. The molecule has 0 aliphatic heterocycles. The molecule has 1 amide bonds. The number of rotatable bonds is 5. The third-order valence-electron chi connectivity index (χ3n) is 5.33. The number of amides is 1. The van der Waals surface area contributed by atoms with Crippen molar-refractivity contribution < 1.29 is 9.18 Å². The first-order chi connectivity index (χ1) is 15.0. The lowest BCUT2D eigenvalue weighted by atomic mass is 10.1. The number of fused-ring (bicyclic) bond motifs is 1. The highest BCUT2D eigenvalue weighted by Crippen LogP contribution is 2.22. The van der Waals surface area contributed by atoms with Crippen molar-refractivity contribution in [3.8, 4) is 0 Å². The standard InChI is InChI=1S/C25H22FN3O2/c1-3-28(22-13-7-4-9-17(22)2)24(30)20-15-18-11-8-14-27-23(18)29(25(20)31)16-19-10-5-6-12-21(19)26/h4-15H,3,16H2,1-2H3. The number of pyridine rings is 2. The normalized spacial score (nSPS) is 10.9. The fourth-order valence-corrected chi connectivity index (χ4v) is 3.74. The molecule has 0 unspecified atom stereocenters. The van der Waals surface area contributed by atoms with E-state index in [4.69, 9.17) is 0 Å². The van der Waals surface area contributed by atoms with Crippen molar-refractivity contribution in [2.24, 2.45) is 0 Å². The summed E-state index contributed by atoms with van der Waals surface area (Å²) in [6.07, 6.45) is 1.58. The van der Waals surface area contributed by atoms with Gasteiger partial charge in [-0.15, -0.1) is 0 Å². The number of carbonyl (C=O) groups is 1. The predicted octanol–water partition coefficient (Wildman–Crippen LogP) is 4.56. The van der Waals surface area contributed by atoms with Crippen molar-refractivity contribution in [1.82, 2.24) is 9.55 Å². The number of hydrogen-bond acceptors (Lipinski definition) is 3. The van der Waals surface area contributed by atoms with Crippen LogP contribution in [-0.2, 0) is 6.54 Å². The summed E-state index contributed by atoms with van der Waals surface area (Å²) >= 11 is 0.